The lowest BCUT2D eigenvalue weighted by molar-refractivity contribution is -0.143. The van der Waals surface area contributed by atoms with E-state index in [0.29, 0.717) is 13.6 Å². The van der Waals surface area contributed by atoms with E-state index in [2.05, 4.69) is 37.2 Å². The first kappa shape index (κ1) is 27.8. The van der Waals surface area contributed by atoms with Crippen LogP contribution >= 0.6 is 41.8 Å². The molecule has 12 heteroatoms. The molecule has 0 spiro atoms. The van der Waals surface area contributed by atoms with Crippen molar-refractivity contribution in [1.29, 1.82) is 0 Å². The summed E-state index contributed by atoms with van der Waals surface area (Å²) in [5.74, 6) is 1.60. The Kier molecular flexibility index (Phi) is 15.9. The zero-order valence-corrected chi connectivity index (χ0v) is 25.0. The monoisotopic (exact) mass is 532 g/mol. The maximum Gasteiger partial charge on any atom is 0.180 e. The molecule has 0 N–H and O–H groups in total. The van der Waals surface area contributed by atoms with Crippen molar-refractivity contribution in [3.05, 3.63) is 0 Å². The van der Waals surface area contributed by atoms with Crippen LogP contribution in [0.15, 0.2) is 0 Å². The lowest BCUT2D eigenvalue weighted by Gasteiger charge is -2.29. The molecule has 0 amide bonds. The first-order valence-corrected chi connectivity index (χ1v) is 18.8. The van der Waals surface area contributed by atoms with E-state index < -0.39 is 0 Å². The van der Waals surface area contributed by atoms with Gasteiger partial charge in [-0.2, -0.15) is 0 Å². The molecule has 2 heterocycles. The van der Waals surface area contributed by atoms with Gasteiger partial charge in [0.05, 0.1) is 22.1 Å². The number of rotatable bonds is 11. The summed E-state index contributed by atoms with van der Waals surface area (Å²) >= 11 is 2.68. The Morgan fingerprint density at radius 1 is 0.667 bits per heavy atom. The van der Waals surface area contributed by atoms with Crippen LogP contribution in [0, 0.1) is 11.8 Å². The Labute approximate surface area is 203 Å². The van der Waals surface area contributed by atoms with Crippen LogP contribution in [0.4, 0.5) is 0 Å². The van der Waals surface area contributed by atoms with Crippen molar-refractivity contribution >= 4 is 61.2 Å². The minimum absolute atomic E-state index is 0.317. The second-order valence-electron chi connectivity index (χ2n) is 8.93. The van der Waals surface area contributed by atoms with Crippen LogP contribution in [-0.2, 0) is 18.0 Å². The molecule has 0 aromatic carbocycles. The molecule has 2 aliphatic rings. The summed E-state index contributed by atoms with van der Waals surface area (Å²) in [6.07, 6.45) is 7.87. The number of nitrogens with zero attached hydrogens (tertiary/aromatic N) is 2. The van der Waals surface area contributed by atoms with Crippen molar-refractivity contribution in [2.45, 2.75) is 77.3 Å². The highest BCUT2D eigenvalue weighted by Crippen LogP contribution is 2.43. The zero-order valence-electron chi connectivity index (χ0n) is 19.0. The third-order valence-corrected chi connectivity index (χ3v) is 14.3. The van der Waals surface area contributed by atoms with Crippen molar-refractivity contribution in [3.63, 3.8) is 0 Å². The van der Waals surface area contributed by atoms with Gasteiger partial charge in [-0.05, 0) is 35.8 Å². The molecule has 4 atom stereocenters. The van der Waals surface area contributed by atoms with Crippen LogP contribution in [0.1, 0.15) is 66.2 Å². The Bertz CT molecular complexity index is 413. The highest BCUT2D eigenvalue weighted by atomic mass is 33.7. The minimum Gasteiger partial charge on any atom is -0.277 e. The SMILES string of the molecule is CC1CCC(C)[SiH2]N(OCOSSSSOCON2CCC(C)CCC(C)[SiH2]2)CC1. The van der Waals surface area contributed by atoms with Gasteiger partial charge in [-0.1, -0.05) is 53.4 Å². The van der Waals surface area contributed by atoms with Crippen molar-refractivity contribution in [3.8, 4) is 0 Å². The van der Waals surface area contributed by atoms with Crippen molar-refractivity contribution in [2.24, 2.45) is 11.8 Å². The molecular formula is C18H40N2O4S4Si2. The van der Waals surface area contributed by atoms with E-state index in [-0.39, 0.29) is 19.4 Å². The van der Waals surface area contributed by atoms with Gasteiger partial charge in [0.2, 0.25) is 0 Å². The van der Waals surface area contributed by atoms with Crippen LogP contribution in [0.5, 0.6) is 0 Å². The standard InChI is InChI=1S/C18H40N2O4S4Si2/c1-15-5-7-17(3)29-19(11-9-15)21-13-23-25-27-28-26-24-14-22-20-12-10-16(2)6-8-18(4)30-20/h15-18H,5-14,29-30H2,1-4H3. The number of hydrogen-bond donors (Lipinski definition) is 0. The Morgan fingerprint density at radius 2 is 1.10 bits per heavy atom. The van der Waals surface area contributed by atoms with Crippen molar-refractivity contribution in [1.82, 2.24) is 9.46 Å². The largest absolute Gasteiger partial charge is 0.277 e. The summed E-state index contributed by atoms with van der Waals surface area (Å²) in [5, 5.41) is 0. The summed E-state index contributed by atoms with van der Waals surface area (Å²) in [4.78, 5) is 11.7. The maximum absolute atomic E-state index is 5.85. The van der Waals surface area contributed by atoms with Gasteiger partial charge in [0.1, 0.15) is 19.4 Å². The van der Waals surface area contributed by atoms with Crippen LogP contribution in [0.25, 0.3) is 0 Å². The summed E-state index contributed by atoms with van der Waals surface area (Å²) in [6, 6.07) is 0. The molecule has 178 valence electrons. The highest BCUT2D eigenvalue weighted by molar-refractivity contribution is 9.25. The van der Waals surface area contributed by atoms with E-state index in [1.165, 1.54) is 60.7 Å². The van der Waals surface area contributed by atoms with Crippen molar-refractivity contribution < 1.29 is 18.0 Å². The van der Waals surface area contributed by atoms with Crippen LogP contribution in [-0.4, -0.2) is 55.5 Å². The molecule has 2 rings (SSSR count). The molecule has 6 nitrogen and oxygen atoms in total. The molecular weight excluding hydrogens is 493 g/mol. The van der Waals surface area contributed by atoms with Gasteiger partial charge in [0, 0.05) is 32.7 Å². The molecule has 0 aromatic heterocycles. The normalized spacial score (nSPS) is 32.0. The first-order chi connectivity index (χ1) is 14.5. The second-order valence-corrected chi connectivity index (χ2v) is 19.0. The predicted octanol–water partition coefficient (Wildman–Crippen LogP) is 5.33. The first-order valence-electron chi connectivity index (χ1n) is 11.2. The van der Waals surface area contributed by atoms with Crippen LogP contribution in [0.3, 0.4) is 0 Å². The fourth-order valence-electron chi connectivity index (χ4n) is 3.74. The Balaban J connectivity index is 1.42. The third-order valence-electron chi connectivity index (χ3n) is 5.82. The maximum atomic E-state index is 5.85. The molecule has 2 saturated heterocycles. The zero-order chi connectivity index (χ0) is 21.6. The van der Waals surface area contributed by atoms with Crippen LogP contribution in [0.2, 0.25) is 11.1 Å². The summed E-state index contributed by atoms with van der Waals surface area (Å²) in [6.45, 7) is 12.2. The molecule has 0 bridgehead atoms. The lowest BCUT2D eigenvalue weighted by atomic mass is 10.0. The van der Waals surface area contributed by atoms with Gasteiger partial charge >= 0.3 is 0 Å². The fraction of sp³-hybridized carbons (Fsp3) is 1.00. The molecule has 2 fully saturated rings. The van der Waals surface area contributed by atoms with Gasteiger partial charge < -0.3 is 0 Å². The van der Waals surface area contributed by atoms with Crippen molar-refractivity contribution in [2.75, 3.05) is 26.7 Å². The van der Waals surface area contributed by atoms with E-state index in [1.807, 2.05) is 0 Å². The smallest absolute Gasteiger partial charge is 0.180 e. The number of hydroxylamine groups is 2. The van der Waals surface area contributed by atoms with E-state index in [9.17, 15) is 0 Å². The fourth-order valence-corrected chi connectivity index (χ4v) is 10.3. The number of hydrogen-bond acceptors (Lipinski definition) is 10. The molecule has 0 aromatic rings. The van der Waals surface area contributed by atoms with Gasteiger partial charge in [-0.15, -0.1) is 0 Å². The molecule has 2 aliphatic heterocycles. The summed E-state index contributed by atoms with van der Waals surface area (Å²) in [5.41, 5.74) is 1.63. The van der Waals surface area contributed by atoms with E-state index in [1.54, 1.807) is 19.7 Å². The minimum atomic E-state index is -0.335. The van der Waals surface area contributed by atoms with Gasteiger partial charge in [-0.3, -0.25) is 18.0 Å². The third kappa shape index (κ3) is 13.3. The summed E-state index contributed by atoms with van der Waals surface area (Å²) < 4.78 is 15.5. The van der Waals surface area contributed by atoms with E-state index in [0.717, 1.165) is 36.0 Å². The predicted molar refractivity (Wildman–Crippen MR) is 140 cm³/mol. The van der Waals surface area contributed by atoms with Gasteiger partial charge in [-0.25, -0.2) is 9.46 Å². The molecule has 0 aliphatic carbocycles. The quantitative estimate of drug-likeness (QED) is 0.115. The highest BCUT2D eigenvalue weighted by Gasteiger charge is 2.19. The molecule has 0 radical (unpaired) electrons. The Morgan fingerprint density at radius 3 is 1.53 bits per heavy atom. The average molecular weight is 533 g/mol. The van der Waals surface area contributed by atoms with E-state index >= 15 is 0 Å². The molecule has 0 saturated carbocycles. The van der Waals surface area contributed by atoms with E-state index in [4.69, 9.17) is 18.0 Å². The van der Waals surface area contributed by atoms with Gasteiger partial charge in [0.25, 0.3) is 0 Å². The molecule has 30 heavy (non-hydrogen) atoms. The van der Waals surface area contributed by atoms with Crippen LogP contribution < -0.4 is 0 Å². The molecule has 4 unspecified atom stereocenters. The second kappa shape index (κ2) is 17.1. The summed E-state index contributed by atoms with van der Waals surface area (Å²) in [7, 11) is 2.42. The Hall–Kier alpha value is 1.59. The van der Waals surface area contributed by atoms with Gasteiger partial charge in [0.15, 0.2) is 13.6 Å². The lowest BCUT2D eigenvalue weighted by Crippen LogP contribution is -2.34. The topological polar surface area (TPSA) is 43.4 Å². The average Bonchev–Trinajstić information content (AvgIpc) is 2.71.